The highest BCUT2D eigenvalue weighted by Gasteiger charge is 2.10. The van der Waals surface area contributed by atoms with Crippen molar-refractivity contribution in [2.24, 2.45) is 0 Å². The monoisotopic (exact) mass is 334 g/mol. The summed E-state index contributed by atoms with van der Waals surface area (Å²) in [5, 5.41) is 0. The molecule has 1 amide bonds. The number of nitrogens with two attached hydrogens (primary N) is 1. The molecule has 25 heavy (non-hydrogen) atoms. The Balaban J connectivity index is 1.99. The zero-order chi connectivity index (χ0) is 18.0. The number of amides is 1. The summed E-state index contributed by atoms with van der Waals surface area (Å²) >= 11 is 0. The van der Waals surface area contributed by atoms with Crippen LogP contribution in [0, 0.1) is 0 Å². The number of aromatic amines is 1. The molecule has 0 aliphatic heterocycles. The summed E-state index contributed by atoms with van der Waals surface area (Å²) in [4.78, 5) is 31.6. The van der Waals surface area contributed by atoms with E-state index in [0.717, 1.165) is 22.3 Å². The maximum atomic E-state index is 12.0. The van der Waals surface area contributed by atoms with E-state index in [1.165, 1.54) is 11.0 Å². The first-order chi connectivity index (χ1) is 12.0. The van der Waals surface area contributed by atoms with Crippen LogP contribution in [0.25, 0.3) is 22.3 Å². The van der Waals surface area contributed by atoms with Gasteiger partial charge < -0.3 is 15.6 Å². The molecule has 0 atom stereocenters. The number of nitrogen functional groups attached to an aromatic ring is 1. The summed E-state index contributed by atoms with van der Waals surface area (Å²) in [6.45, 7) is 0. The minimum atomic E-state index is -0.159. The van der Waals surface area contributed by atoms with Crippen molar-refractivity contribution < 1.29 is 4.79 Å². The van der Waals surface area contributed by atoms with Crippen molar-refractivity contribution >= 4 is 11.7 Å². The van der Waals surface area contributed by atoms with Gasteiger partial charge in [-0.15, -0.1) is 0 Å². The van der Waals surface area contributed by atoms with E-state index in [0.29, 0.717) is 11.4 Å². The molecule has 0 fully saturated rings. The summed E-state index contributed by atoms with van der Waals surface area (Å²) in [6, 6.07) is 12.3. The molecule has 0 saturated carbocycles. The van der Waals surface area contributed by atoms with Gasteiger partial charge in [0.15, 0.2) is 0 Å². The minimum Gasteiger partial charge on any atom is -0.383 e. The first-order valence-electron chi connectivity index (χ1n) is 7.72. The molecule has 126 valence electrons. The van der Waals surface area contributed by atoms with E-state index < -0.39 is 0 Å². The standard InChI is InChI=1S/C19H18N4O2/c1-23(2)19(25)13-5-3-12(4-6-13)16-9-15(11-22-18(16)20)14-7-8-17(24)21-10-14/h3-11H,1-2H3,(H2,20,22)(H,21,24). The fraction of sp³-hybridized carbons (Fsp3) is 0.105. The van der Waals surface area contributed by atoms with Crippen molar-refractivity contribution in [1.82, 2.24) is 14.9 Å². The van der Waals surface area contributed by atoms with Crippen molar-refractivity contribution in [3.8, 4) is 22.3 Å². The molecule has 2 aromatic heterocycles. The van der Waals surface area contributed by atoms with Crippen molar-refractivity contribution in [1.29, 1.82) is 0 Å². The molecule has 6 heteroatoms. The zero-order valence-electron chi connectivity index (χ0n) is 14.0. The van der Waals surface area contributed by atoms with Gasteiger partial charge in [-0.1, -0.05) is 12.1 Å². The first kappa shape index (κ1) is 16.4. The molecule has 0 radical (unpaired) electrons. The van der Waals surface area contributed by atoms with E-state index >= 15 is 0 Å². The van der Waals surface area contributed by atoms with Crippen LogP contribution in [0.4, 0.5) is 5.82 Å². The fourth-order valence-electron chi connectivity index (χ4n) is 2.51. The molecule has 1 aromatic carbocycles. The molecule has 3 aromatic rings. The lowest BCUT2D eigenvalue weighted by Crippen LogP contribution is -2.21. The molecule has 0 unspecified atom stereocenters. The highest BCUT2D eigenvalue weighted by Crippen LogP contribution is 2.29. The topological polar surface area (TPSA) is 92.1 Å². The Bertz CT molecular complexity index is 955. The average molecular weight is 334 g/mol. The van der Waals surface area contributed by atoms with Gasteiger partial charge in [-0.3, -0.25) is 9.59 Å². The number of hydrogen-bond acceptors (Lipinski definition) is 4. The molecule has 0 aliphatic rings. The van der Waals surface area contributed by atoms with Gasteiger partial charge in [0.05, 0.1) is 0 Å². The summed E-state index contributed by atoms with van der Waals surface area (Å²) in [5.41, 5.74) is 9.80. The molecular formula is C19H18N4O2. The van der Waals surface area contributed by atoms with Crippen molar-refractivity contribution in [3.05, 3.63) is 70.8 Å². The van der Waals surface area contributed by atoms with E-state index in [1.807, 2.05) is 18.2 Å². The van der Waals surface area contributed by atoms with Gasteiger partial charge in [-0.25, -0.2) is 4.98 Å². The van der Waals surface area contributed by atoms with Crippen molar-refractivity contribution in [3.63, 3.8) is 0 Å². The highest BCUT2D eigenvalue weighted by atomic mass is 16.2. The second kappa shape index (κ2) is 6.60. The van der Waals surface area contributed by atoms with Crippen molar-refractivity contribution in [2.45, 2.75) is 0 Å². The maximum Gasteiger partial charge on any atom is 0.253 e. The number of hydrogen-bond donors (Lipinski definition) is 2. The van der Waals surface area contributed by atoms with Gasteiger partial charge in [0.25, 0.3) is 5.91 Å². The van der Waals surface area contributed by atoms with Crippen LogP contribution in [0.2, 0.25) is 0 Å². The van der Waals surface area contributed by atoms with E-state index in [-0.39, 0.29) is 11.5 Å². The van der Waals surface area contributed by atoms with E-state index in [1.54, 1.807) is 44.7 Å². The number of H-pyrrole nitrogens is 1. The van der Waals surface area contributed by atoms with Crippen LogP contribution in [-0.4, -0.2) is 34.9 Å². The zero-order valence-corrected chi connectivity index (χ0v) is 14.0. The van der Waals surface area contributed by atoms with Crippen LogP contribution < -0.4 is 11.3 Å². The van der Waals surface area contributed by atoms with Crippen LogP contribution in [0.15, 0.2) is 59.7 Å². The number of pyridine rings is 2. The van der Waals surface area contributed by atoms with Gasteiger partial charge in [-0.2, -0.15) is 0 Å². The molecular weight excluding hydrogens is 316 g/mol. The van der Waals surface area contributed by atoms with Crippen LogP contribution in [-0.2, 0) is 0 Å². The van der Waals surface area contributed by atoms with Crippen LogP contribution in [0.3, 0.4) is 0 Å². The van der Waals surface area contributed by atoms with Crippen LogP contribution in [0.1, 0.15) is 10.4 Å². The van der Waals surface area contributed by atoms with Gasteiger partial charge in [0.1, 0.15) is 5.82 Å². The molecule has 0 saturated heterocycles. The molecule has 3 rings (SSSR count). The third kappa shape index (κ3) is 3.42. The second-order valence-corrected chi connectivity index (χ2v) is 5.88. The van der Waals surface area contributed by atoms with Crippen LogP contribution >= 0.6 is 0 Å². The fourth-order valence-corrected chi connectivity index (χ4v) is 2.51. The minimum absolute atomic E-state index is 0.0559. The number of rotatable bonds is 3. The van der Waals surface area contributed by atoms with Crippen LogP contribution in [0.5, 0.6) is 0 Å². The maximum absolute atomic E-state index is 12.0. The van der Waals surface area contributed by atoms with Gasteiger partial charge in [0, 0.05) is 49.2 Å². The largest absolute Gasteiger partial charge is 0.383 e. The predicted octanol–water partition coefficient (Wildman–Crippen LogP) is 2.39. The van der Waals surface area contributed by atoms with Gasteiger partial charge in [-0.05, 0) is 35.4 Å². The quantitative estimate of drug-likeness (QED) is 0.769. The SMILES string of the molecule is CN(C)C(=O)c1ccc(-c2cc(-c3ccc(=O)[nH]c3)cnc2N)cc1. The lowest BCUT2D eigenvalue weighted by atomic mass is 10.0. The van der Waals surface area contributed by atoms with Crippen molar-refractivity contribution in [2.75, 3.05) is 19.8 Å². The molecule has 6 nitrogen and oxygen atoms in total. The normalized spacial score (nSPS) is 10.5. The summed E-state index contributed by atoms with van der Waals surface area (Å²) in [6.07, 6.45) is 3.30. The number of benzene rings is 1. The Hall–Kier alpha value is -3.41. The van der Waals surface area contributed by atoms with E-state index in [4.69, 9.17) is 5.73 Å². The van der Waals surface area contributed by atoms with Gasteiger partial charge in [0.2, 0.25) is 5.56 Å². The summed E-state index contributed by atoms with van der Waals surface area (Å²) in [7, 11) is 3.43. The Morgan fingerprint density at radius 1 is 1.04 bits per heavy atom. The summed E-state index contributed by atoms with van der Waals surface area (Å²) in [5.74, 6) is 0.347. The first-order valence-corrected chi connectivity index (χ1v) is 7.72. The number of anilines is 1. The highest BCUT2D eigenvalue weighted by molar-refractivity contribution is 5.94. The molecule has 0 bridgehead atoms. The second-order valence-electron chi connectivity index (χ2n) is 5.88. The summed E-state index contributed by atoms with van der Waals surface area (Å²) < 4.78 is 0. The third-order valence-corrected chi connectivity index (χ3v) is 3.89. The molecule has 3 N–H and O–H groups in total. The Labute approximate surface area is 145 Å². The predicted molar refractivity (Wildman–Crippen MR) is 98.2 cm³/mol. The number of nitrogens with one attached hydrogen (secondary N) is 1. The Morgan fingerprint density at radius 3 is 2.32 bits per heavy atom. The molecule has 0 aliphatic carbocycles. The Kier molecular flexibility index (Phi) is 4.35. The molecule has 0 spiro atoms. The Morgan fingerprint density at radius 2 is 1.72 bits per heavy atom. The van der Waals surface area contributed by atoms with E-state index in [9.17, 15) is 9.59 Å². The smallest absolute Gasteiger partial charge is 0.253 e. The average Bonchev–Trinajstić information content (AvgIpc) is 2.62. The number of carbonyl (C=O) groups is 1. The lowest BCUT2D eigenvalue weighted by Gasteiger charge is -2.12. The van der Waals surface area contributed by atoms with E-state index in [2.05, 4.69) is 9.97 Å². The molecule has 2 heterocycles. The van der Waals surface area contributed by atoms with Gasteiger partial charge >= 0.3 is 0 Å². The third-order valence-electron chi connectivity index (χ3n) is 3.89. The lowest BCUT2D eigenvalue weighted by molar-refractivity contribution is 0.0827. The number of aromatic nitrogens is 2. The number of nitrogens with zero attached hydrogens (tertiary/aromatic N) is 2. The number of carbonyl (C=O) groups excluding carboxylic acids is 1.